The fraction of sp³-hybridized carbons (Fsp3) is 0.542. The number of para-hydroxylation sites is 1. The van der Waals surface area contributed by atoms with Crippen LogP contribution < -0.4 is 0 Å². The molecule has 2 aliphatic rings. The largest absolute Gasteiger partial charge is 0.508 e. The van der Waals surface area contributed by atoms with E-state index in [0.717, 1.165) is 29.8 Å². The van der Waals surface area contributed by atoms with Crippen LogP contribution in [-0.4, -0.2) is 42.1 Å². The lowest BCUT2D eigenvalue weighted by Gasteiger charge is -2.47. The zero-order valence-corrected chi connectivity index (χ0v) is 18.0. The average Bonchev–Trinajstić information content (AvgIpc) is 2.61. The van der Waals surface area contributed by atoms with Crippen LogP contribution >= 0.6 is 0 Å². The topological polar surface area (TPSA) is 49.8 Å². The van der Waals surface area contributed by atoms with E-state index in [9.17, 15) is 9.90 Å². The first-order chi connectivity index (χ1) is 13.0. The monoisotopic (exact) mass is 383 g/mol. The van der Waals surface area contributed by atoms with Crippen LogP contribution in [0.4, 0.5) is 0 Å². The molecule has 0 saturated carbocycles. The second-order valence-electron chi connectivity index (χ2n) is 9.89. The summed E-state index contributed by atoms with van der Waals surface area (Å²) in [5.41, 5.74) is 1.14. The zero-order valence-electron chi connectivity index (χ0n) is 18.0. The van der Waals surface area contributed by atoms with Gasteiger partial charge >= 0.3 is 0 Å². The minimum absolute atomic E-state index is 0.110. The maximum absolute atomic E-state index is 13.5. The van der Waals surface area contributed by atoms with Crippen LogP contribution in [0, 0.1) is 10.8 Å². The summed E-state index contributed by atoms with van der Waals surface area (Å²) in [4.78, 5) is 15.8. The van der Waals surface area contributed by atoms with E-state index in [2.05, 4.69) is 58.6 Å². The Bertz CT molecular complexity index is 781. The van der Waals surface area contributed by atoms with Gasteiger partial charge in [-0.25, -0.2) is 0 Å². The molecule has 0 radical (unpaired) electrons. The quantitative estimate of drug-likeness (QED) is 0.820. The van der Waals surface area contributed by atoms with Gasteiger partial charge < -0.3 is 9.84 Å². The lowest BCUT2D eigenvalue weighted by atomic mass is 9.67. The SMILES string of the molecule is CC(C)(C)C1=CC(c2ccccc2O)(N2CCOCC2)C=C(C(C)(C)C)C1=O. The molecule has 152 valence electrons. The number of Topliss-reactive ketones (excluding diaryl/α,β-unsaturated/α-hetero) is 1. The minimum Gasteiger partial charge on any atom is -0.508 e. The van der Waals surface area contributed by atoms with Gasteiger partial charge in [0.25, 0.3) is 0 Å². The average molecular weight is 384 g/mol. The number of allylic oxidation sites excluding steroid dienone is 2. The van der Waals surface area contributed by atoms with Crippen molar-refractivity contribution in [1.82, 2.24) is 4.90 Å². The lowest BCUT2D eigenvalue weighted by molar-refractivity contribution is -0.114. The molecule has 1 aromatic carbocycles. The molecule has 1 aromatic rings. The first kappa shape index (κ1) is 20.8. The van der Waals surface area contributed by atoms with Crippen LogP contribution in [0.3, 0.4) is 0 Å². The molecule has 28 heavy (non-hydrogen) atoms. The number of ketones is 1. The third-order valence-electron chi connectivity index (χ3n) is 5.70. The van der Waals surface area contributed by atoms with E-state index < -0.39 is 5.54 Å². The van der Waals surface area contributed by atoms with Gasteiger partial charge in [-0.05, 0) is 29.0 Å². The predicted octanol–water partition coefficient (Wildman–Crippen LogP) is 4.45. The smallest absolute Gasteiger partial charge is 0.185 e. The van der Waals surface area contributed by atoms with Gasteiger partial charge in [-0.1, -0.05) is 59.7 Å². The molecule has 0 aromatic heterocycles. The summed E-state index contributed by atoms with van der Waals surface area (Å²) in [6.45, 7) is 15.2. The molecular weight excluding hydrogens is 350 g/mol. The van der Waals surface area contributed by atoms with E-state index >= 15 is 0 Å². The van der Waals surface area contributed by atoms with E-state index in [4.69, 9.17) is 4.74 Å². The van der Waals surface area contributed by atoms with Crippen molar-refractivity contribution in [3.63, 3.8) is 0 Å². The van der Waals surface area contributed by atoms with Crippen LogP contribution in [0.15, 0.2) is 47.6 Å². The summed E-state index contributed by atoms with van der Waals surface area (Å²) in [6.07, 6.45) is 4.18. The second kappa shape index (κ2) is 7.16. The standard InChI is InChI=1S/C24H33NO3/c1-22(2,3)18-15-24(25-11-13-28-14-12-25,17-9-7-8-10-20(17)26)16-19(21(18)27)23(4,5)6/h7-10,15-16,26H,11-14H2,1-6H3. The first-order valence-electron chi connectivity index (χ1n) is 10.1. The van der Waals surface area contributed by atoms with E-state index in [1.54, 1.807) is 6.07 Å². The predicted molar refractivity (Wildman–Crippen MR) is 112 cm³/mol. The van der Waals surface area contributed by atoms with Gasteiger partial charge in [-0.2, -0.15) is 0 Å². The molecule has 4 heteroatoms. The zero-order chi connectivity index (χ0) is 20.7. The maximum atomic E-state index is 13.5. The Morgan fingerprint density at radius 3 is 1.89 bits per heavy atom. The fourth-order valence-electron chi connectivity index (χ4n) is 4.13. The number of carbonyl (C=O) groups excluding carboxylic acids is 1. The fourth-order valence-corrected chi connectivity index (χ4v) is 4.13. The van der Waals surface area contributed by atoms with E-state index in [0.29, 0.717) is 13.2 Å². The number of hydrogen-bond acceptors (Lipinski definition) is 4. The molecule has 0 amide bonds. The molecule has 0 atom stereocenters. The van der Waals surface area contributed by atoms with Gasteiger partial charge in [0.1, 0.15) is 5.75 Å². The Hall–Kier alpha value is -1.91. The van der Waals surface area contributed by atoms with Crippen molar-refractivity contribution in [2.24, 2.45) is 10.8 Å². The normalized spacial score (nSPS) is 21.3. The van der Waals surface area contributed by atoms with Crippen LogP contribution in [0.2, 0.25) is 0 Å². The Kier molecular flexibility index (Phi) is 5.32. The van der Waals surface area contributed by atoms with Gasteiger partial charge in [0.15, 0.2) is 5.78 Å². The number of hydrogen-bond donors (Lipinski definition) is 1. The lowest BCUT2D eigenvalue weighted by Crippen LogP contribution is -2.52. The van der Waals surface area contributed by atoms with Crippen LogP contribution in [-0.2, 0) is 15.1 Å². The van der Waals surface area contributed by atoms with Gasteiger partial charge in [0, 0.05) is 29.8 Å². The number of morpholine rings is 1. The number of phenols is 1. The Labute approximate surface area is 168 Å². The van der Waals surface area contributed by atoms with Crippen molar-refractivity contribution < 1.29 is 14.6 Å². The number of carbonyl (C=O) groups is 1. The van der Waals surface area contributed by atoms with E-state index in [1.807, 2.05) is 18.2 Å². The number of phenolic OH excluding ortho intramolecular Hbond substituents is 1. The minimum atomic E-state index is -0.672. The van der Waals surface area contributed by atoms with E-state index in [1.165, 1.54) is 0 Å². The molecule has 1 fully saturated rings. The van der Waals surface area contributed by atoms with Crippen molar-refractivity contribution in [3.8, 4) is 5.75 Å². The maximum Gasteiger partial charge on any atom is 0.185 e. The summed E-state index contributed by atoms with van der Waals surface area (Å²) in [5.74, 6) is 0.358. The highest BCUT2D eigenvalue weighted by molar-refractivity contribution is 6.11. The van der Waals surface area contributed by atoms with Crippen LogP contribution in [0.5, 0.6) is 5.75 Å². The molecule has 1 aliphatic heterocycles. The third-order valence-corrected chi connectivity index (χ3v) is 5.70. The molecule has 0 unspecified atom stereocenters. The van der Waals surface area contributed by atoms with Crippen molar-refractivity contribution in [1.29, 1.82) is 0 Å². The molecule has 1 aliphatic carbocycles. The number of benzene rings is 1. The molecule has 0 spiro atoms. The highest BCUT2D eigenvalue weighted by atomic mass is 16.5. The Balaban J connectivity index is 2.35. The number of aromatic hydroxyl groups is 1. The Morgan fingerprint density at radius 1 is 0.929 bits per heavy atom. The number of ether oxygens (including phenoxy) is 1. The van der Waals surface area contributed by atoms with Crippen molar-refractivity contribution in [2.75, 3.05) is 26.3 Å². The van der Waals surface area contributed by atoms with Gasteiger partial charge in [-0.15, -0.1) is 0 Å². The molecule has 4 nitrogen and oxygen atoms in total. The van der Waals surface area contributed by atoms with Crippen LogP contribution in [0.1, 0.15) is 47.1 Å². The third kappa shape index (κ3) is 3.68. The molecule has 3 rings (SSSR count). The summed E-state index contributed by atoms with van der Waals surface area (Å²) in [7, 11) is 0. The van der Waals surface area contributed by atoms with Crippen LogP contribution in [0.25, 0.3) is 0 Å². The van der Waals surface area contributed by atoms with Gasteiger partial charge in [-0.3, -0.25) is 9.69 Å². The van der Waals surface area contributed by atoms with Crippen molar-refractivity contribution in [2.45, 2.75) is 47.1 Å². The highest BCUT2D eigenvalue weighted by Gasteiger charge is 2.46. The van der Waals surface area contributed by atoms with Crippen molar-refractivity contribution in [3.05, 3.63) is 53.1 Å². The molecular formula is C24H33NO3. The summed E-state index contributed by atoms with van der Waals surface area (Å²) >= 11 is 0. The summed E-state index contributed by atoms with van der Waals surface area (Å²) in [5, 5.41) is 10.8. The first-order valence-corrected chi connectivity index (χ1v) is 10.1. The number of rotatable bonds is 2. The molecule has 1 heterocycles. The van der Waals surface area contributed by atoms with Gasteiger partial charge in [0.2, 0.25) is 0 Å². The summed E-state index contributed by atoms with van der Waals surface area (Å²) in [6, 6.07) is 7.47. The molecule has 1 saturated heterocycles. The Morgan fingerprint density at radius 2 is 1.43 bits per heavy atom. The second-order valence-corrected chi connectivity index (χ2v) is 9.89. The van der Waals surface area contributed by atoms with Gasteiger partial charge in [0.05, 0.1) is 18.8 Å². The van der Waals surface area contributed by atoms with Crippen molar-refractivity contribution >= 4 is 5.78 Å². The molecule has 1 N–H and O–H groups in total. The molecule has 0 bridgehead atoms. The number of nitrogens with zero attached hydrogens (tertiary/aromatic N) is 1. The summed E-state index contributed by atoms with van der Waals surface area (Å²) < 4.78 is 5.60. The van der Waals surface area contributed by atoms with E-state index in [-0.39, 0.29) is 22.4 Å². The highest BCUT2D eigenvalue weighted by Crippen LogP contribution is 2.48.